The van der Waals surface area contributed by atoms with E-state index in [1.165, 1.54) is 55.2 Å². The smallest absolute Gasteiger partial charge is 0.193 e. The minimum Gasteiger partial charge on any atom is -0.352 e. The minimum absolute atomic E-state index is 0. The SMILES string of the molecule is CN=C(NCc1cccc2ccccc12)N1CCC(CN2CCCC2)C1.I. The normalized spacial score (nSPS) is 20.9. The number of halogens is 1. The Morgan fingerprint density at radius 3 is 2.67 bits per heavy atom. The molecule has 2 aliphatic heterocycles. The van der Waals surface area contributed by atoms with E-state index in [4.69, 9.17) is 0 Å². The summed E-state index contributed by atoms with van der Waals surface area (Å²) in [6, 6.07) is 15.1. The quantitative estimate of drug-likeness (QED) is 0.410. The Morgan fingerprint density at radius 2 is 1.85 bits per heavy atom. The molecule has 1 N–H and O–H groups in total. The van der Waals surface area contributed by atoms with Gasteiger partial charge in [0.05, 0.1) is 0 Å². The number of hydrogen-bond donors (Lipinski definition) is 1. The van der Waals surface area contributed by atoms with Crippen molar-refractivity contribution in [2.75, 3.05) is 39.8 Å². The molecule has 4 nitrogen and oxygen atoms in total. The minimum atomic E-state index is 0. The van der Waals surface area contributed by atoms with Crippen LogP contribution in [0.1, 0.15) is 24.8 Å². The predicted octanol–water partition coefficient (Wildman–Crippen LogP) is 3.95. The highest BCUT2D eigenvalue weighted by atomic mass is 127. The molecule has 2 aromatic rings. The van der Waals surface area contributed by atoms with Crippen LogP contribution < -0.4 is 5.32 Å². The zero-order valence-corrected chi connectivity index (χ0v) is 18.6. The molecule has 0 spiro atoms. The van der Waals surface area contributed by atoms with Gasteiger partial charge in [-0.1, -0.05) is 42.5 Å². The van der Waals surface area contributed by atoms with Crippen LogP contribution >= 0.6 is 24.0 Å². The van der Waals surface area contributed by atoms with Gasteiger partial charge in [0.2, 0.25) is 0 Å². The molecule has 27 heavy (non-hydrogen) atoms. The van der Waals surface area contributed by atoms with Crippen molar-refractivity contribution in [2.45, 2.75) is 25.8 Å². The maximum absolute atomic E-state index is 4.55. The standard InChI is InChI=1S/C22H30N4.HI/c1-23-22(26-14-11-18(17-26)16-25-12-4-5-13-25)24-15-20-9-6-8-19-7-2-3-10-21(19)20;/h2-3,6-10,18H,4-5,11-17H2,1H3,(H,23,24);1H. The molecular formula is C22H31IN4. The van der Waals surface area contributed by atoms with Crippen molar-refractivity contribution in [2.24, 2.45) is 10.9 Å². The first-order chi connectivity index (χ1) is 12.8. The predicted molar refractivity (Wildman–Crippen MR) is 125 cm³/mol. The Balaban J connectivity index is 0.00000210. The molecule has 2 heterocycles. The molecule has 1 atom stereocenters. The van der Waals surface area contributed by atoms with Crippen molar-refractivity contribution < 1.29 is 0 Å². The molecule has 0 bridgehead atoms. The van der Waals surface area contributed by atoms with E-state index in [-0.39, 0.29) is 24.0 Å². The molecule has 1 unspecified atom stereocenters. The third-order valence-corrected chi connectivity index (χ3v) is 5.83. The highest BCUT2D eigenvalue weighted by Gasteiger charge is 2.27. The fraction of sp³-hybridized carbons (Fsp3) is 0.500. The van der Waals surface area contributed by atoms with Crippen molar-refractivity contribution in [3.05, 3.63) is 48.0 Å². The van der Waals surface area contributed by atoms with Gasteiger partial charge < -0.3 is 15.1 Å². The Morgan fingerprint density at radius 1 is 1.07 bits per heavy atom. The van der Waals surface area contributed by atoms with Gasteiger partial charge in [-0.3, -0.25) is 4.99 Å². The number of nitrogens with one attached hydrogen (secondary N) is 1. The van der Waals surface area contributed by atoms with Gasteiger partial charge in [-0.15, -0.1) is 24.0 Å². The van der Waals surface area contributed by atoms with Crippen LogP contribution in [0.2, 0.25) is 0 Å². The number of benzene rings is 2. The molecule has 4 rings (SSSR count). The van der Waals surface area contributed by atoms with Gasteiger partial charge >= 0.3 is 0 Å². The lowest BCUT2D eigenvalue weighted by Crippen LogP contribution is -2.40. The maximum Gasteiger partial charge on any atom is 0.193 e. The van der Waals surface area contributed by atoms with E-state index in [0.717, 1.165) is 31.5 Å². The molecule has 2 fully saturated rings. The molecule has 0 aliphatic carbocycles. The summed E-state index contributed by atoms with van der Waals surface area (Å²) in [6.07, 6.45) is 4.04. The van der Waals surface area contributed by atoms with Crippen LogP contribution in [0.15, 0.2) is 47.5 Å². The van der Waals surface area contributed by atoms with Gasteiger partial charge in [-0.2, -0.15) is 0 Å². The lowest BCUT2D eigenvalue weighted by molar-refractivity contribution is 0.281. The number of nitrogens with zero attached hydrogens (tertiary/aromatic N) is 3. The number of guanidine groups is 1. The van der Waals surface area contributed by atoms with Gasteiger partial charge in [0, 0.05) is 33.2 Å². The summed E-state index contributed by atoms with van der Waals surface area (Å²) in [7, 11) is 1.90. The van der Waals surface area contributed by atoms with Crippen molar-refractivity contribution in [3.63, 3.8) is 0 Å². The average Bonchev–Trinajstić information content (AvgIpc) is 3.35. The number of hydrogen-bond acceptors (Lipinski definition) is 2. The zero-order chi connectivity index (χ0) is 17.8. The largest absolute Gasteiger partial charge is 0.352 e. The van der Waals surface area contributed by atoms with Gasteiger partial charge in [0.15, 0.2) is 5.96 Å². The third kappa shape index (κ3) is 4.93. The molecule has 2 aromatic carbocycles. The molecule has 2 aliphatic rings. The lowest BCUT2D eigenvalue weighted by Gasteiger charge is -2.23. The molecule has 5 heteroatoms. The van der Waals surface area contributed by atoms with Crippen LogP contribution in [0, 0.1) is 5.92 Å². The highest BCUT2D eigenvalue weighted by Crippen LogP contribution is 2.21. The summed E-state index contributed by atoms with van der Waals surface area (Å²) < 4.78 is 0. The summed E-state index contributed by atoms with van der Waals surface area (Å²) in [5.41, 5.74) is 1.33. The van der Waals surface area contributed by atoms with Crippen LogP contribution in [0.4, 0.5) is 0 Å². The molecule has 146 valence electrons. The zero-order valence-electron chi connectivity index (χ0n) is 16.2. The summed E-state index contributed by atoms with van der Waals surface area (Å²) in [5, 5.41) is 6.22. The van der Waals surface area contributed by atoms with Crippen molar-refractivity contribution >= 4 is 40.7 Å². The third-order valence-electron chi connectivity index (χ3n) is 5.83. The van der Waals surface area contributed by atoms with E-state index in [2.05, 4.69) is 62.6 Å². The highest BCUT2D eigenvalue weighted by molar-refractivity contribution is 14.0. The summed E-state index contributed by atoms with van der Waals surface area (Å²) >= 11 is 0. The molecular weight excluding hydrogens is 447 g/mol. The van der Waals surface area contributed by atoms with E-state index >= 15 is 0 Å². The molecule has 0 amide bonds. The topological polar surface area (TPSA) is 30.9 Å². The fourth-order valence-corrected chi connectivity index (χ4v) is 4.46. The van der Waals surface area contributed by atoms with Crippen LogP contribution in [0.5, 0.6) is 0 Å². The first kappa shape index (κ1) is 20.4. The molecule has 0 radical (unpaired) electrons. The number of fused-ring (bicyclic) bond motifs is 1. The number of rotatable bonds is 4. The van der Waals surface area contributed by atoms with E-state index in [1.807, 2.05) is 7.05 Å². The summed E-state index contributed by atoms with van der Waals surface area (Å²) in [6.45, 7) is 6.92. The van der Waals surface area contributed by atoms with Gasteiger partial charge in [-0.05, 0) is 54.6 Å². The first-order valence-electron chi connectivity index (χ1n) is 9.98. The Bertz CT molecular complexity index is 765. The lowest BCUT2D eigenvalue weighted by atomic mass is 10.0. The summed E-state index contributed by atoms with van der Waals surface area (Å²) in [5.74, 6) is 1.83. The second-order valence-corrected chi connectivity index (χ2v) is 7.65. The van der Waals surface area contributed by atoms with E-state index in [1.54, 1.807) is 0 Å². The first-order valence-corrected chi connectivity index (χ1v) is 9.98. The second kappa shape index (κ2) is 9.73. The Labute approximate surface area is 180 Å². The maximum atomic E-state index is 4.55. The molecule has 0 aromatic heterocycles. The van der Waals surface area contributed by atoms with E-state index < -0.39 is 0 Å². The van der Waals surface area contributed by atoms with Gasteiger partial charge in [0.1, 0.15) is 0 Å². The van der Waals surface area contributed by atoms with Gasteiger partial charge in [-0.25, -0.2) is 0 Å². The second-order valence-electron chi connectivity index (χ2n) is 7.65. The Hall–Kier alpha value is -1.34. The van der Waals surface area contributed by atoms with Crippen molar-refractivity contribution in [1.82, 2.24) is 15.1 Å². The number of likely N-dealkylation sites (tertiary alicyclic amines) is 2. The van der Waals surface area contributed by atoms with E-state index in [0.29, 0.717) is 0 Å². The average molecular weight is 478 g/mol. The van der Waals surface area contributed by atoms with Gasteiger partial charge in [0.25, 0.3) is 0 Å². The number of aliphatic imine (C=N–C) groups is 1. The fourth-order valence-electron chi connectivity index (χ4n) is 4.46. The van der Waals surface area contributed by atoms with Crippen LogP contribution in [-0.4, -0.2) is 55.5 Å². The Kier molecular flexibility index (Phi) is 7.35. The van der Waals surface area contributed by atoms with Crippen molar-refractivity contribution in [1.29, 1.82) is 0 Å². The van der Waals surface area contributed by atoms with Crippen LogP contribution in [0.25, 0.3) is 10.8 Å². The molecule has 0 saturated carbocycles. The van der Waals surface area contributed by atoms with E-state index in [9.17, 15) is 0 Å². The summed E-state index contributed by atoms with van der Waals surface area (Å²) in [4.78, 5) is 9.63. The monoisotopic (exact) mass is 478 g/mol. The van der Waals surface area contributed by atoms with Crippen LogP contribution in [-0.2, 0) is 6.54 Å². The van der Waals surface area contributed by atoms with Crippen molar-refractivity contribution in [3.8, 4) is 0 Å². The molecule has 2 saturated heterocycles. The van der Waals surface area contributed by atoms with Crippen LogP contribution in [0.3, 0.4) is 0 Å².